The molecule has 1 aromatic carbocycles. The number of pyridine rings is 1. The van der Waals surface area contributed by atoms with Crippen LogP contribution in [0.4, 0.5) is 0 Å². The second kappa shape index (κ2) is 5.56. The van der Waals surface area contributed by atoms with Gasteiger partial charge in [0.1, 0.15) is 11.2 Å². The van der Waals surface area contributed by atoms with Crippen LogP contribution in [0.1, 0.15) is 23.2 Å². The van der Waals surface area contributed by atoms with Gasteiger partial charge in [0.25, 0.3) is 11.5 Å². The molecule has 0 unspecified atom stereocenters. The van der Waals surface area contributed by atoms with Gasteiger partial charge in [-0.1, -0.05) is 12.1 Å². The summed E-state index contributed by atoms with van der Waals surface area (Å²) in [6.45, 7) is 0. The predicted octanol–water partition coefficient (Wildman–Crippen LogP) is 1.89. The fourth-order valence-electron chi connectivity index (χ4n) is 2.62. The van der Waals surface area contributed by atoms with Gasteiger partial charge in [0, 0.05) is 30.4 Å². The highest BCUT2D eigenvalue weighted by molar-refractivity contribution is 5.95. The van der Waals surface area contributed by atoms with Crippen molar-refractivity contribution in [3.8, 4) is 11.3 Å². The zero-order valence-corrected chi connectivity index (χ0v) is 13.2. The lowest BCUT2D eigenvalue weighted by Gasteiger charge is -2.08. The minimum absolute atomic E-state index is 0.0763. The summed E-state index contributed by atoms with van der Waals surface area (Å²) in [7, 11) is 1.68. The van der Waals surface area contributed by atoms with Crippen molar-refractivity contribution in [1.82, 2.24) is 19.9 Å². The molecule has 2 heterocycles. The van der Waals surface area contributed by atoms with Crippen LogP contribution in [0.2, 0.25) is 0 Å². The van der Waals surface area contributed by atoms with Crippen LogP contribution in [-0.2, 0) is 7.05 Å². The molecule has 1 amide bonds. The average molecular weight is 320 g/mol. The zero-order valence-electron chi connectivity index (χ0n) is 13.2. The van der Waals surface area contributed by atoms with Crippen molar-refractivity contribution in [2.75, 3.05) is 0 Å². The number of hydrogen-bond donors (Lipinski definition) is 1. The first-order valence-corrected chi connectivity index (χ1v) is 7.86. The van der Waals surface area contributed by atoms with Gasteiger partial charge in [0.15, 0.2) is 5.65 Å². The van der Waals surface area contributed by atoms with E-state index in [0.717, 1.165) is 12.8 Å². The molecule has 120 valence electrons. The SMILES string of the molecule is Cn1c(=O)c(-c2ccc(C(=O)NC3CC3)cc2)nc2cccnc21. The van der Waals surface area contributed by atoms with Crippen LogP contribution in [-0.4, -0.2) is 26.5 Å². The van der Waals surface area contributed by atoms with Gasteiger partial charge in [0.2, 0.25) is 0 Å². The van der Waals surface area contributed by atoms with Crippen LogP contribution >= 0.6 is 0 Å². The number of aryl methyl sites for hydroxylation is 1. The summed E-state index contributed by atoms with van der Waals surface area (Å²) in [5.74, 6) is -0.0763. The van der Waals surface area contributed by atoms with Crippen LogP contribution in [0.25, 0.3) is 22.4 Å². The molecule has 1 fully saturated rings. The summed E-state index contributed by atoms with van der Waals surface area (Å²) < 4.78 is 1.49. The van der Waals surface area contributed by atoms with Gasteiger partial charge in [-0.2, -0.15) is 0 Å². The Kier molecular flexibility index (Phi) is 3.37. The number of nitrogens with zero attached hydrogens (tertiary/aromatic N) is 3. The minimum atomic E-state index is -0.212. The number of amides is 1. The first kappa shape index (κ1) is 14.6. The van der Waals surface area contributed by atoms with E-state index in [4.69, 9.17) is 0 Å². The number of fused-ring (bicyclic) bond motifs is 1. The number of carbonyl (C=O) groups excluding carboxylic acids is 1. The first-order chi connectivity index (χ1) is 11.6. The third-order valence-electron chi connectivity index (χ3n) is 4.16. The van der Waals surface area contributed by atoms with E-state index in [0.29, 0.717) is 34.0 Å². The lowest BCUT2D eigenvalue weighted by atomic mass is 10.1. The molecule has 0 spiro atoms. The molecular formula is C18H16N4O2. The van der Waals surface area contributed by atoms with Crippen LogP contribution in [0.3, 0.4) is 0 Å². The van der Waals surface area contributed by atoms with E-state index in [9.17, 15) is 9.59 Å². The molecule has 4 rings (SSSR count). The molecule has 0 saturated heterocycles. The normalized spacial score (nSPS) is 13.9. The van der Waals surface area contributed by atoms with E-state index in [-0.39, 0.29) is 11.5 Å². The van der Waals surface area contributed by atoms with Gasteiger partial charge in [0.05, 0.1) is 0 Å². The highest BCUT2D eigenvalue weighted by atomic mass is 16.1. The van der Waals surface area contributed by atoms with Gasteiger partial charge in [-0.25, -0.2) is 9.97 Å². The van der Waals surface area contributed by atoms with E-state index in [2.05, 4.69) is 15.3 Å². The molecule has 1 aliphatic carbocycles. The topological polar surface area (TPSA) is 76.9 Å². The number of rotatable bonds is 3. The molecule has 0 aliphatic heterocycles. The van der Waals surface area contributed by atoms with Gasteiger partial charge in [-0.3, -0.25) is 14.2 Å². The van der Waals surface area contributed by atoms with Crippen LogP contribution < -0.4 is 10.9 Å². The summed E-state index contributed by atoms with van der Waals surface area (Å²) >= 11 is 0. The van der Waals surface area contributed by atoms with Gasteiger partial charge in [-0.05, 0) is 37.1 Å². The first-order valence-electron chi connectivity index (χ1n) is 7.86. The summed E-state index contributed by atoms with van der Waals surface area (Å²) in [4.78, 5) is 33.2. The second-order valence-corrected chi connectivity index (χ2v) is 6.00. The number of benzene rings is 1. The highest BCUT2D eigenvalue weighted by Gasteiger charge is 2.23. The van der Waals surface area contributed by atoms with Crippen molar-refractivity contribution in [3.05, 3.63) is 58.5 Å². The Morgan fingerprint density at radius 3 is 2.67 bits per heavy atom. The smallest absolute Gasteiger partial charge is 0.278 e. The molecule has 3 aromatic rings. The standard InChI is InChI=1S/C18H16N4O2/c1-22-16-14(3-2-10-19-16)21-15(18(22)24)11-4-6-12(7-5-11)17(23)20-13-8-9-13/h2-7,10,13H,8-9H2,1H3,(H,20,23). The van der Waals surface area contributed by atoms with Gasteiger partial charge >= 0.3 is 0 Å². The Morgan fingerprint density at radius 2 is 1.96 bits per heavy atom. The maximum atomic E-state index is 12.5. The molecule has 0 bridgehead atoms. The Hall–Kier alpha value is -3.02. The molecule has 6 heteroatoms. The zero-order chi connectivity index (χ0) is 16.7. The second-order valence-electron chi connectivity index (χ2n) is 6.00. The van der Waals surface area contributed by atoms with Crippen molar-refractivity contribution in [2.24, 2.45) is 7.05 Å². The summed E-state index contributed by atoms with van der Waals surface area (Å²) in [6, 6.07) is 10.9. The fourth-order valence-corrected chi connectivity index (χ4v) is 2.62. The molecule has 0 radical (unpaired) electrons. The maximum absolute atomic E-state index is 12.5. The van der Waals surface area contributed by atoms with E-state index >= 15 is 0 Å². The summed E-state index contributed by atoms with van der Waals surface area (Å²) in [5, 5.41) is 2.95. The van der Waals surface area contributed by atoms with Crippen LogP contribution in [0.5, 0.6) is 0 Å². The van der Waals surface area contributed by atoms with Crippen LogP contribution in [0, 0.1) is 0 Å². The van der Waals surface area contributed by atoms with Crippen molar-refractivity contribution < 1.29 is 4.79 Å². The van der Waals surface area contributed by atoms with Crippen molar-refractivity contribution in [1.29, 1.82) is 0 Å². The van der Waals surface area contributed by atoms with Crippen molar-refractivity contribution in [3.63, 3.8) is 0 Å². The number of aromatic nitrogens is 3. The Balaban J connectivity index is 1.73. The van der Waals surface area contributed by atoms with Crippen LogP contribution in [0.15, 0.2) is 47.4 Å². The monoisotopic (exact) mass is 320 g/mol. The highest BCUT2D eigenvalue weighted by Crippen LogP contribution is 2.20. The Morgan fingerprint density at radius 1 is 1.21 bits per heavy atom. The fraction of sp³-hybridized carbons (Fsp3) is 0.222. The van der Waals surface area contributed by atoms with E-state index in [1.807, 2.05) is 6.07 Å². The third-order valence-corrected chi connectivity index (χ3v) is 4.16. The lowest BCUT2D eigenvalue weighted by molar-refractivity contribution is 0.0951. The molecule has 1 N–H and O–H groups in total. The van der Waals surface area contributed by atoms with Crippen molar-refractivity contribution >= 4 is 17.1 Å². The number of hydrogen-bond acceptors (Lipinski definition) is 4. The number of nitrogens with one attached hydrogen (secondary N) is 1. The van der Waals surface area contributed by atoms with Gasteiger partial charge < -0.3 is 5.32 Å². The number of carbonyl (C=O) groups is 1. The summed E-state index contributed by atoms with van der Waals surface area (Å²) in [5.41, 5.74) is 2.62. The molecular weight excluding hydrogens is 304 g/mol. The minimum Gasteiger partial charge on any atom is -0.349 e. The molecule has 2 aromatic heterocycles. The lowest BCUT2D eigenvalue weighted by Crippen LogP contribution is -2.25. The Bertz CT molecular complexity index is 988. The molecule has 1 saturated carbocycles. The van der Waals surface area contributed by atoms with E-state index < -0.39 is 0 Å². The molecule has 0 atom stereocenters. The molecule has 1 aliphatic rings. The molecule has 6 nitrogen and oxygen atoms in total. The largest absolute Gasteiger partial charge is 0.349 e. The summed E-state index contributed by atoms with van der Waals surface area (Å²) in [6.07, 6.45) is 3.74. The predicted molar refractivity (Wildman–Crippen MR) is 90.7 cm³/mol. The van der Waals surface area contributed by atoms with E-state index in [1.165, 1.54) is 4.57 Å². The average Bonchev–Trinajstić information content (AvgIpc) is 3.42. The van der Waals surface area contributed by atoms with E-state index in [1.54, 1.807) is 43.6 Å². The maximum Gasteiger partial charge on any atom is 0.278 e. The molecule has 24 heavy (non-hydrogen) atoms. The quantitative estimate of drug-likeness (QED) is 0.799. The van der Waals surface area contributed by atoms with Crippen molar-refractivity contribution in [2.45, 2.75) is 18.9 Å². The Labute approximate surface area is 138 Å². The third kappa shape index (κ3) is 2.56. The van der Waals surface area contributed by atoms with Gasteiger partial charge in [-0.15, -0.1) is 0 Å².